The third-order valence-electron chi connectivity index (χ3n) is 3.83. The number of rotatable bonds is 7. The van der Waals surface area contributed by atoms with Crippen LogP contribution in [0.5, 0.6) is 0 Å². The number of thiophene rings is 1. The van der Waals surface area contributed by atoms with Crippen LogP contribution in [0.15, 0.2) is 10.3 Å². The summed E-state index contributed by atoms with van der Waals surface area (Å²) in [4.78, 5) is 0.926. The summed E-state index contributed by atoms with van der Waals surface area (Å²) in [6, 6.07) is 1.71. The molecular weight excluding hydrogens is 280 g/mol. The molecular formula is C13H24N2O2S2. The van der Waals surface area contributed by atoms with Crippen LogP contribution in [0.3, 0.4) is 0 Å². The molecule has 0 amide bonds. The quantitative estimate of drug-likeness (QED) is 0.813. The second-order valence-corrected chi connectivity index (χ2v) is 7.87. The van der Waals surface area contributed by atoms with Gasteiger partial charge in [-0.15, -0.1) is 11.3 Å². The van der Waals surface area contributed by atoms with E-state index < -0.39 is 10.0 Å². The molecule has 6 heteroatoms. The van der Waals surface area contributed by atoms with Crippen molar-refractivity contribution in [3.8, 4) is 0 Å². The Labute approximate surface area is 120 Å². The molecule has 1 aromatic heterocycles. The molecule has 0 bridgehead atoms. The van der Waals surface area contributed by atoms with E-state index in [1.54, 1.807) is 6.07 Å². The Hall–Kier alpha value is -0.430. The summed E-state index contributed by atoms with van der Waals surface area (Å²) in [6.07, 6.45) is 2.36. The van der Waals surface area contributed by atoms with Gasteiger partial charge in [0.15, 0.2) is 0 Å². The zero-order chi connectivity index (χ0) is 14.7. The summed E-state index contributed by atoms with van der Waals surface area (Å²) in [6.45, 7) is 8.32. The molecule has 0 atom stereocenters. The zero-order valence-corrected chi connectivity index (χ0v) is 13.7. The van der Waals surface area contributed by atoms with Crippen LogP contribution in [0.2, 0.25) is 0 Å². The maximum absolute atomic E-state index is 12.5. The van der Waals surface area contributed by atoms with Gasteiger partial charge in [-0.2, -0.15) is 0 Å². The topological polar surface area (TPSA) is 72.2 Å². The average Bonchev–Trinajstić information content (AvgIpc) is 2.78. The van der Waals surface area contributed by atoms with Crippen LogP contribution in [-0.2, 0) is 16.6 Å². The van der Waals surface area contributed by atoms with E-state index in [2.05, 4.69) is 4.72 Å². The molecule has 19 heavy (non-hydrogen) atoms. The molecule has 0 aliphatic heterocycles. The van der Waals surface area contributed by atoms with Crippen LogP contribution < -0.4 is 10.5 Å². The summed E-state index contributed by atoms with van der Waals surface area (Å²) in [7, 11) is -3.45. The van der Waals surface area contributed by atoms with E-state index in [0.29, 0.717) is 10.8 Å². The van der Waals surface area contributed by atoms with Crippen LogP contribution in [0.25, 0.3) is 0 Å². The summed E-state index contributed by atoms with van der Waals surface area (Å²) in [5, 5.41) is 0. The molecule has 0 aromatic carbocycles. The first kappa shape index (κ1) is 16.6. The van der Waals surface area contributed by atoms with Crippen molar-refractivity contribution in [1.29, 1.82) is 0 Å². The smallest absolute Gasteiger partial charge is 0.250 e. The SMILES string of the molecule is CCC(CC)(CC)NS(=O)(=O)c1cc(C)c(CN)s1. The number of nitrogens with one attached hydrogen (secondary N) is 1. The molecule has 0 fully saturated rings. The minimum Gasteiger partial charge on any atom is -0.326 e. The monoisotopic (exact) mass is 304 g/mol. The second kappa shape index (κ2) is 6.35. The van der Waals surface area contributed by atoms with Crippen molar-refractivity contribution < 1.29 is 8.42 Å². The summed E-state index contributed by atoms with van der Waals surface area (Å²) >= 11 is 1.26. The Bertz CT molecular complexity index is 508. The molecule has 4 nitrogen and oxygen atoms in total. The predicted octanol–water partition coefficient (Wildman–Crippen LogP) is 2.76. The molecule has 1 aromatic rings. The molecule has 0 aliphatic rings. The molecule has 0 aliphatic carbocycles. The minimum absolute atomic E-state index is 0.348. The molecule has 1 rings (SSSR count). The number of aryl methyl sites for hydroxylation is 1. The highest BCUT2D eigenvalue weighted by atomic mass is 32.2. The Kier molecular flexibility index (Phi) is 5.55. The third-order valence-corrected chi connectivity index (χ3v) is 7.14. The molecule has 0 radical (unpaired) electrons. The number of nitrogens with two attached hydrogens (primary N) is 1. The first-order chi connectivity index (χ1) is 8.84. The van der Waals surface area contributed by atoms with Crippen molar-refractivity contribution in [2.45, 2.75) is 63.3 Å². The van der Waals surface area contributed by atoms with Crippen molar-refractivity contribution in [3.63, 3.8) is 0 Å². The lowest BCUT2D eigenvalue weighted by atomic mass is 9.91. The summed E-state index contributed by atoms with van der Waals surface area (Å²) in [5.74, 6) is 0. The zero-order valence-electron chi connectivity index (χ0n) is 12.1. The highest BCUT2D eigenvalue weighted by Crippen LogP contribution is 2.28. The fourth-order valence-corrected chi connectivity index (χ4v) is 5.21. The largest absolute Gasteiger partial charge is 0.326 e. The first-order valence-corrected chi connectivity index (χ1v) is 8.97. The molecule has 0 spiro atoms. The van der Waals surface area contributed by atoms with Gasteiger partial charge >= 0.3 is 0 Å². The molecule has 1 heterocycles. The van der Waals surface area contributed by atoms with E-state index in [-0.39, 0.29) is 5.54 Å². The standard InChI is InChI=1S/C13H24N2O2S2/c1-5-13(6-2,7-3)15-19(16,17)12-8-10(4)11(9-14)18-12/h8,15H,5-7,9,14H2,1-4H3. The van der Waals surface area contributed by atoms with E-state index in [1.165, 1.54) is 11.3 Å². The Balaban J connectivity index is 3.10. The number of hydrogen-bond donors (Lipinski definition) is 2. The van der Waals surface area contributed by atoms with Crippen LogP contribution in [0.1, 0.15) is 50.5 Å². The maximum atomic E-state index is 12.5. The van der Waals surface area contributed by atoms with Crippen molar-refractivity contribution in [1.82, 2.24) is 4.72 Å². The molecule has 0 saturated carbocycles. The Morgan fingerprint density at radius 3 is 2.16 bits per heavy atom. The summed E-state index contributed by atoms with van der Waals surface area (Å²) in [5.41, 5.74) is 6.21. The fourth-order valence-electron chi connectivity index (χ4n) is 2.13. The van der Waals surface area contributed by atoms with Gasteiger partial charge in [-0.05, 0) is 37.8 Å². The lowest BCUT2D eigenvalue weighted by molar-refractivity contribution is 0.342. The normalized spacial score (nSPS) is 12.9. The highest BCUT2D eigenvalue weighted by Gasteiger charge is 2.31. The van der Waals surface area contributed by atoms with E-state index >= 15 is 0 Å². The lowest BCUT2D eigenvalue weighted by Crippen LogP contribution is -2.46. The van der Waals surface area contributed by atoms with Gasteiger partial charge in [0.05, 0.1) is 0 Å². The van der Waals surface area contributed by atoms with Gasteiger partial charge in [0.25, 0.3) is 10.0 Å². The van der Waals surface area contributed by atoms with E-state index in [1.807, 2.05) is 27.7 Å². The third kappa shape index (κ3) is 3.56. The number of hydrogen-bond acceptors (Lipinski definition) is 4. The van der Waals surface area contributed by atoms with Crippen molar-refractivity contribution >= 4 is 21.4 Å². The van der Waals surface area contributed by atoms with Crippen LogP contribution >= 0.6 is 11.3 Å². The van der Waals surface area contributed by atoms with Gasteiger partial charge in [0.1, 0.15) is 4.21 Å². The molecule has 110 valence electrons. The van der Waals surface area contributed by atoms with Crippen LogP contribution in [0.4, 0.5) is 0 Å². The average molecular weight is 304 g/mol. The first-order valence-electron chi connectivity index (χ1n) is 6.67. The Morgan fingerprint density at radius 1 is 1.26 bits per heavy atom. The van der Waals surface area contributed by atoms with Crippen molar-refractivity contribution in [2.75, 3.05) is 0 Å². The van der Waals surface area contributed by atoms with E-state index in [9.17, 15) is 8.42 Å². The van der Waals surface area contributed by atoms with Gasteiger partial charge in [-0.25, -0.2) is 13.1 Å². The van der Waals surface area contributed by atoms with E-state index in [4.69, 9.17) is 5.73 Å². The van der Waals surface area contributed by atoms with Crippen molar-refractivity contribution in [2.24, 2.45) is 5.73 Å². The minimum atomic E-state index is -3.45. The Morgan fingerprint density at radius 2 is 1.79 bits per heavy atom. The van der Waals surface area contributed by atoms with E-state index in [0.717, 1.165) is 29.7 Å². The predicted molar refractivity (Wildman–Crippen MR) is 80.9 cm³/mol. The summed E-state index contributed by atoms with van der Waals surface area (Å²) < 4.78 is 28.2. The van der Waals surface area contributed by atoms with Gasteiger partial charge in [-0.3, -0.25) is 0 Å². The lowest BCUT2D eigenvalue weighted by Gasteiger charge is -2.30. The molecule has 0 unspecified atom stereocenters. The highest BCUT2D eigenvalue weighted by molar-refractivity contribution is 7.91. The van der Waals surface area contributed by atoms with Crippen LogP contribution in [0, 0.1) is 6.92 Å². The van der Waals surface area contributed by atoms with Gasteiger partial charge in [0, 0.05) is 17.0 Å². The second-order valence-electron chi connectivity index (χ2n) is 4.82. The molecule has 3 N–H and O–H groups in total. The van der Waals surface area contributed by atoms with Gasteiger partial charge in [0.2, 0.25) is 0 Å². The fraction of sp³-hybridized carbons (Fsp3) is 0.692. The maximum Gasteiger partial charge on any atom is 0.250 e. The van der Waals surface area contributed by atoms with Crippen LogP contribution in [-0.4, -0.2) is 14.0 Å². The van der Waals surface area contributed by atoms with Gasteiger partial charge in [-0.1, -0.05) is 20.8 Å². The van der Waals surface area contributed by atoms with Gasteiger partial charge < -0.3 is 5.73 Å². The number of sulfonamides is 1. The van der Waals surface area contributed by atoms with Crippen molar-refractivity contribution in [3.05, 3.63) is 16.5 Å². The molecule has 0 saturated heterocycles.